The minimum atomic E-state index is -3.35. The van der Waals surface area contributed by atoms with Crippen molar-refractivity contribution in [2.45, 2.75) is 13.3 Å². The van der Waals surface area contributed by atoms with Crippen LogP contribution in [0.5, 0.6) is 0 Å². The third-order valence-electron chi connectivity index (χ3n) is 2.92. The van der Waals surface area contributed by atoms with Crippen LogP contribution in [-0.4, -0.2) is 20.1 Å². The Morgan fingerprint density at radius 1 is 1.45 bits per heavy atom. The van der Waals surface area contributed by atoms with Gasteiger partial charge in [0.25, 0.3) is 0 Å². The molecule has 1 amide bonds. The minimum Gasteiger partial charge on any atom is -0.464 e. The minimum absolute atomic E-state index is 0.100. The quantitative estimate of drug-likeness (QED) is 0.919. The number of carbonyl (C=O) groups excluding carboxylic acids is 1. The van der Waals surface area contributed by atoms with E-state index in [0.717, 1.165) is 21.9 Å². The third-order valence-corrected chi connectivity index (χ3v) is 4.20. The third kappa shape index (κ3) is 3.27. The van der Waals surface area contributed by atoms with Crippen LogP contribution in [0, 0.1) is 6.92 Å². The Kier molecular flexibility index (Phi) is 3.94. The molecule has 1 aromatic heterocycles. The summed E-state index contributed by atoms with van der Waals surface area (Å²) >= 11 is 0. The standard InChI is InChI=1S/C14H15NO4S/c1-3-20(17,18)7-6-14(16)15-11-4-5-13-12(8-11)10(2)9-19-13/h3-5,8-9H,1,6-7H2,2H3,(H,15,16). The topological polar surface area (TPSA) is 76.4 Å². The molecule has 1 N–H and O–H groups in total. The maximum atomic E-state index is 11.7. The fourth-order valence-corrected chi connectivity index (χ4v) is 2.41. The van der Waals surface area contributed by atoms with E-state index in [2.05, 4.69) is 11.9 Å². The predicted octanol–water partition coefficient (Wildman–Crippen LogP) is 2.63. The van der Waals surface area contributed by atoms with Crippen LogP contribution in [0.3, 0.4) is 0 Å². The summed E-state index contributed by atoms with van der Waals surface area (Å²) in [7, 11) is -3.35. The molecule has 0 saturated carbocycles. The number of carbonyl (C=O) groups is 1. The molecule has 0 saturated heterocycles. The highest BCUT2D eigenvalue weighted by Gasteiger charge is 2.10. The Balaban J connectivity index is 2.06. The zero-order valence-corrected chi connectivity index (χ0v) is 11.9. The lowest BCUT2D eigenvalue weighted by Gasteiger charge is -2.05. The molecule has 2 aromatic rings. The Morgan fingerprint density at radius 2 is 2.20 bits per heavy atom. The summed E-state index contributed by atoms with van der Waals surface area (Å²) in [6.45, 7) is 5.11. The fraction of sp³-hybridized carbons (Fsp3) is 0.214. The van der Waals surface area contributed by atoms with Gasteiger partial charge in [0.15, 0.2) is 9.84 Å². The normalized spacial score (nSPS) is 11.4. The number of benzene rings is 1. The first kappa shape index (κ1) is 14.3. The maximum absolute atomic E-state index is 11.7. The number of aryl methyl sites for hydroxylation is 1. The van der Waals surface area contributed by atoms with E-state index in [9.17, 15) is 13.2 Å². The molecule has 1 heterocycles. The first-order valence-electron chi connectivity index (χ1n) is 6.04. The van der Waals surface area contributed by atoms with Crippen LogP contribution in [0.15, 0.2) is 40.9 Å². The van der Waals surface area contributed by atoms with Gasteiger partial charge in [0.05, 0.1) is 12.0 Å². The predicted molar refractivity (Wildman–Crippen MR) is 78.2 cm³/mol. The molecule has 0 bridgehead atoms. The summed E-state index contributed by atoms with van der Waals surface area (Å²) in [5, 5.41) is 4.45. The van der Waals surface area contributed by atoms with Crippen molar-refractivity contribution in [3.8, 4) is 0 Å². The van der Waals surface area contributed by atoms with Crippen molar-refractivity contribution < 1.29 is 17.6 Å². The van der Waals surface area contributed by atoms with Crippen LogP contribution in [0.4, 0.5) is 5.69 Å². The van der Waals surface area contributed by atoms with Gasteiger partial charge in [-0.2, -0.15) is 0 Å². The number of anilines is 1. The number of amides is 1. The molecule has 0 aliphatic rings. The molecule has 106 valence electrons. The number of hydrogen-bond acceptors (Lipinski definition) is 4. The summed E-state index contributed by atoms with van der Waals surface area (Å²) in [5.74, 6) is -0.592. The van der Waals surface area contributed by atoms with Crippen molar-refractivity contribution in [1.29, 1.82) is 0 Å². The lowest BCUT2D eigenvalue weighted by Crippen LogP contribution is -2.16. The van der Waals surface area contributed by atoms with E-state index in [1.807, 2.05) is 6.92 Å². The van der Waals surface area contributed by atoms with E-state index in [0.29, 0.717) is 5.69 Å². The van der Waals surface area contributed by atoms with Gasteiger partial charge < -0.3 is 9.73 Å². The van der Waals surface area contributed by atoms with Crippen molar-refractivity contribution in [3.63, 3.8) is 0 Å². The Labute approximate surface area is 117 Å². The molecular weight excluding hydrogens is 278 g/mol. The molecule has 5 nitrogen and oxygen atoms in total. The monoisotopic (exact) mass is 293 g/mol. The first-order valence-corrected chi connectivity index (χ1v) is 7.76. The Bertz CT molecular complexity index is 759. The molecule has 0 fully saturated rings. The van der Waals surface area contributed by atoms with Crippen LogP contribution in [-0.2, 0) is 14.6 Å². The fourth-order valence-electron chi connectivity index (χ4n) is 1.78. The van der Waals surface area contributed by atoms with Crippen LogP contribution in [0.25, 0.3) is 11.0 Å². The smallest absolute Gasteiger partial charge is 0.225 e. The first-order chi connectivity index (χ1) is 9.41. The van der Waals surface area contributed by atoms with Crippen molar-refractivity contribution in [2.24, 2.45) is 0 Å². The van der Waals surface area contributed by atoms with E-state index < -0.39 is 9.84 Å². The molecule has 0 aliphatic heterocycles. The van der Waals surface area contributed by atoms with Gasteiger partial charge >= 0.3 is 0 Å². The van der Waals surface area contributed by atoms with Gasteiger partial charge in [-0.05, 0) is 30.7 Å². The molecule has 2 rings (SSSR count). The van der Waals surface area contributed by atoms with E-state index in [4.69, 9.17) is 4.42 Å². The van der Waals surface area contributed by atoms with Gasteiger partial charge in [0, 0.05) is 22.9 Å². The maximum Gasteiger partial charge on any atom is 0.225 e. The van der Waals surface area contributed by atoms with Crippen LogP contribution in [0.2, 0.25) is 0 Å². The summed E-state index contributed by atoms with van der Waals surface area (Å²) < 4.78 is 27.8. The average Bonchev–Trinajstić information content (AvgIpc) is 2.78. The summed E-state index contributed by atoms with van der Waals surface area (Å²) in [6.07, 6.45) is 1.55. The van der Waals surface area contributed by atoms with Gasteiger partial charge in [-0.3, -0.25) is 4.79 Å². The van der Waals surface area contributed by atoms with E-state index in [1.165, 1.54) is 0 Å². The lowest BCUT2D eigenvalue weighted by molar-refractivity contribution is -0.115. The highest BCUT2D eigenvalue weighted by Crippen LogP contribution is 2.24. The zero-order chi connectivity index (χ0) is 14.8. The van der Waals surface area contributed by atoms with Gasteiger partial charge in [-0.15, -0.1) is 0 Å². The Morgan fingerprint density at radius 3 is 2.90 bits per heavy atom. The van der Waals surface area contributed by atoms with E-state index >= 15 is 0 Å². The molecule has 0 unspecified atom stereocenters. The van der Waals surface area contributed by atoms with E-state index in [-0.39, 0.29) is 18.1 Å². The van der Waals surface area contributed by atoms with Crippen molar-refractivity contribution in [3.05, 3.63) is 42.0 Å². The van der Waals surface area contributed by atoms with Crippen molar-refractivity contribution in [2.75, 3.05) is 11.1 Å². The number of rotatable bonds is 5. The molecular formula is C14H15NO4S. The molecule has 0 radical (unpaired) electrons. The molecule has 0 spiro atoms. The molecule has 0 aliphatic carbocycles. The number of sulfone groups is 1. The van der Waals surface area contributed by atoms with Crippen molar-refractivity contribution >= 4 is 32.4 Å². The lowest BCUT2D eigenvalue weighted by atomic mass is 10.2. The highest BCUT2D eigenvalue weighted by atomic mass is 32.2. The summed E-state index contributed by atoms with van der Waals surface area (Å²) in [5.41, 5.74) is 2.34. The van der Waals surface area contributed by atoms with Gasteiger partial charge in [-0.25, -0.2) is 8.42 Å². The molecule has 20 heavy (non-hydrogen) atoms. The zero-order valence-electron chi connectivity index (χ0n) is 11.0. The van der Waals surface area contributed by atoms with Gasteiger partial charge in [0.1, 0.15) is 5.58 Å². The molecule has 1 aromatic carbocycles. The van der Waals surface area contributed by atoms with Gasteiger partial charge in [-0.1, -0.05) is 6.58 Å². The van der Waals surface area contributed by atoms with Gasteiger partial charge in [0.2, 0.25) is 5.91 Å². The number of nitrogens with one attached hydrogen (secondary N) is 1. The highest BCUT2D eigenvalue weighted by molar-refractivity contribution is 7.94. The largest absolute Gasteiger partial charge is 0.464 e. The average molecular weight is 293 g/mol. The van der Waals surface area contributed by atoms with Crippen LogP contribution in [0.1, 0.15) is 12.0 Å². The number of hydrogen-bond donors (Lipinski definition) is 1. The van der Waals surface area contributed by atoms with Crippen LogP contribution < -0.4 is 5.32 Å². The number of fused-ring (bicyclic) bond motifs is 1. The second-order valence-corrected chi connectivity index (χ2v) is 6.53. The number of furan rings is 1. The molecule has 6 heteroatoms. The second kappa shape index (κ2) is 5.50. The Hall–Kier alpha value is -2.08. The summed E-state index contributed by atoms with van der Waals surface area (Å²) in [6, 6.07) is 5.28. The van der Waals surface area contributed by atoms with E-state index in [1.54, 1.807) is 24.5 Å². The SMILES string of the molecule is C=CS(=O)(=O)CCC(=O)Nc1ccc2occ(C)c2c1. The van der Waals surface area contributed by atoms with Crippen LogP contribution >= 0.6 is 0 Å². The van der Waals surface area contributed by atoms with Crippen molar-refractivity contribution in [1.82, 2.24) is 0 Å². The molecule has 0 atom stereocenters. The summed E-state index contributed by atoms with van der Waals surface area (Å²) in [4.78, 5) is 11.7. The second-order valence-electron chi connectivity index (χ2n) is 4.46.